The van der Waals surface area contributed by atoms with Crippen molar-refractivity contribution < 1.29 is 9.90 Å². The Morgan fingerprint density at radius 2 is 1.48 bits per heavy atom. The quantitative estimate of drug-likeness (QED) is 0.761. The van der Waals surface area contributed by atoms with Gasteiger partial charge in [0.2, 0.25) is 0 Å². The molecular formula is C17H27NO2S. The van der Waals surface area contributed by atoms with Crippen LogP contribution < -0.4 is 5.32 Å². The molecule has 1 rings (SSSR count). The highest BCUT2D eigenvalue weighted by molar-refractivity contribution is 7.99. The van der Waals surface area contributed by atoms with Crippen molar-refractivity contribution in [2.75, 3.05) is 24.7 Å². The molecule has 0 fully saturated rings. The van der Waals surface area contributed by atoms with Crippen LogP contribution in [0.3, 0.4) is 0 Å². The van der Waals surface area contributed by atoms with E-state index in [1.54, 1.807) is 11.8 Å². The molecule has 21 heavy (non-hydrogen) atoms. The predicted octanol–water partition coefficient (Wildman–Crippen LogP) is 3.07. The first kappa shape index (κ1) is 18.1. The Kier molecular flexibility index (Phi) is 7.26. The zero-order valence-electron chi connectivity index (χ0n) is 13.8. The van der Waals surface area contributed by atoms with E-state index in [4.69, 9.17) is 5.11 Å². The number of aliphatic hydroxyl groups is 1. The Hall–Kier alpha value is -1.00. The number of carbonyl (C=O) groups excluding carboxylic acids is 1. The lowest BCUT2D eigenvalue weighted by Gasteiger charge is -2.18. The standard InChI is InChI=1S/C17H27NO2S/c1-11-12(2)14(4)16(15(5)13(11)3)17(20)18-7-10-21-9-6-8-19/h19H,6-10H2,1-5H3,(H,18,20). The fraction of sp³-hybridized carbons (Fsp3) is 0.588. The molecule has 4 heteroatoms. The molecule has 3 nitrogen and oxygen atoms in total. The van der Waals surface area contributed by atoms with Gasteiger partial charge in [0.1, 0.15) is 0 Å². The molecule has 0 unspecified atom stereocenters. The van der Waals surface area contributed by atoms with Crippen molar-refractivity contribution in [3.05, 3.63) is 33.4 Å². The number of nitrogens with one attached hydrogen (secondary N) is 1. The summed E-state index contributed by atoms with van der Waals surface area (Å²) in [6, 6.07) is 0. The number of benzene rings is 1. The molecule has 0 aliphatic rings. The molecule has 0 spiro atoms. The molecule has 0 aromatic heterocycles. The molecule has 0 saturated heterocycles. The fourth-order valence-corrected chi connectivity index (χ4v) is 3.22. The predicted molar refractivity (Wildman–Crippen MR) is 91.5 cm³/mol. The highest BCUT2D eigenvalue weighted by Crippen LogP contribution is 2.25. The fourth-order valence-electron chi connectivity index (χ4n) is 2.43. The Balaban J connectivity index is 2.71. The minimum Gasteiger partial charge on any atom is -0.396 e. The minimum absolute atomic E-state index is 0.0268. The maximum atomic E-state index is 12.4. The van der Waals surface area contributed by atoms with Gasteiger partial charge in [-0.25, -0.2) is 0 Å². The summed E-state index contributed by atoms with van der Waals surface area (Å²) in [5.41, 5.74) is 6.69. The molecule has 2 N–H and O–H groups in total. The van der Waals surface area contributed by atoms with Gasteiger partial charge in [-0.1, -0.05) is 0 Å². The molecule has 1 aromatic rings. The van der Waals surface area contributed by atoms with E-state index in [1.807, 2.05) is 13.8 Å². The number of amides is 1. The molecule has 0 atom stereocenters. The van der Waals surface area contributed by atoms with E-state index in [2.05, 4.69) is 26.1 Å². The molecule has 1 amide bonds. The Morgan fingerprint density at radius 3 is 2.00 bits per heavy atom. The van der Waals surface area contributed by atoms with Gasteiger partial charge in [-0.2, -0.15) is 11.8 Å². The van der Waals surface area contributed by atoms with Gasteiger partial charge in [-0.05, 0) is 74.6 Å². The Bertz CT molecular complexity index is 483. The number of hydrogen-bond acceptors (Lipinski definition) is 3. The normalized spacial score (nSPS) is 10.8. The molecule has 1 aromatic carbocycles. The lowest BCUT2D eigenvalue weighted by atomic mass is 9.89. The molecule has 0 saturated carbocycles. The highest BCUT2D eigenvalue weighted by Gasteiger charge is 2.17. The SMILES string of the molecule is Cc1c(C)c(C)c(C(=O)NCCSCCCO)c(C)c1C. The average Bonchev–Trinajstić information content (AvgIpc) is 2.47. The van der Waals surface area contributed by atoms with Crippen LogP contribution in [0.1, 0.15) is 44.6 Å². The summed E-state index contributed by atoms with van der Waals surface area (Å²) in [5, 5.41) is 11.7. The van der Waals surface area contributed by atoms with Crippen molar-refractivity contribution >= 4 is 17.7 Å². The smallest absolute Gasteiger partial charge is 0.251 e. The van der Waals surface area contributed by atoms with Crippen molar-refractivity contribution in [2.24, 2.45) is 0 Å². The molecule has 0 aliphatic carbocycles. The van der Waals surface area contributed by atoms with Gasteiger partial charge < -0.3 is 10.4 Å². The topological polar surface area (TPSA) is 49.3 Å². The summed E-state index contributed by atoms with van der Waals surface area (Å²) >= 11 is 1.76. The van der Waals surface area contributed by atoms with Gasteiger partial charge in [-0.15, -0.1) is 0 Å². The third kappa shape index (κ3) is 4.48. The molecule has 0 radical (unpaired) electrons. The Labute approximate surface area is 132 Å². The summed E-state index contributed by atoms with van der Waals surface area (Å²) in [7, 11) is 0. The monoisotopic (exact) mass is 309 g/mol. The number of thioether (sulfide) groups is 1. The molecule has 0 bridgehead atoms. The van der Waals surface area contributed by atoms with Crippen LogP contribution in [0.2, 0.25) is 0 Å². The van der Waals surface area contributed by atoms with E-state index >= 15 is 0 Å². The third-order valence-electron chi connectivity index (χ3n) is 4.21. The second kappa shape index (κ2) is 8.44. The lowest BCUT2D eigenvalue weighted by molar-refractivity contribution is 0.0954. The van der Waals surface area contributed by atoms with Crippen LogP contribution >= 0.6 is 11.8 Å². The molecule has 0 heterocycles. The van der Waals surface area contributed by atoms with Crippen molar-refractivity contribution in [2.45, 2.75) is 41.0 Å². The van der Waals surface area contributed by atoms with E-state index < -0.39 is 0 Å². The third-order valence-corrected chi connectivity index (χ3v) is 5.28. The number of hydrogen-bond donors (Lipinski definition) is 2. The van der Waals surface area contributed by atoms with Gasteiger partial charge in [0, 0.05) is 24.5 Å². The number of aliphatic hydroxyl groups excluding tert-OH is 1. The molecule has 118 valence electrons. The van der Waals surface area contributed by atoms with Gasteiger partial charge >= 0.3 is 0 Å². The van der Waals surface area contributed by atoms with Crippen LogP contribution in [0.4, 0.5) is 0 Å². The zero-order valence-corrected chi connectivity index (χ0v) is 14.6. The van der Waals surface area contributed by atoms with Crippen LogP contribution in [-0.4, -0.2) is 35.7 Å². The highest BCUT2D eigenvalue weighted by atomic mass is 32.2. The Morgan fingerprint density at radius 1 is 0.952 bits per heavy atom. The maximum Gasteiger partial charge on any atom is 0.251 e. The van der Waals surface area contributed by atoms with Crippen LogP contribution in [-0.2, 0) is 0 Å². The summed E-state index contributed by atoms with van der Waals surface area (Å²) in [6.07, 6.45) is 0.813. The van der Waals surface area contributed by atoms with Crippen molar-refractivity contribution in [3.8, 4) is 0 Å². The van der Waals surface area contributed by atoms with Crippen molar-refractivity contribution in [1.29, 1.82) is 0 Å². The summed E-state index contributed by atoms with van der Waals surface area (Å²) in [6.45, 7) is 11.2. The van der Waals surface area contributed by atoms with Crippen molar-refractivity contribution in [3.63, 3.8) is 0 Å². The van der Waals surface area contributed by atoms with Gasteiger partial charge in [-0.3, -0.25) is 4.79 Å². The first-order chi connectivity index (χ1) is 9.91. The van der Waals surface area contributed by atoms with Gasteiger partial charge in [0.25, 0.3) is 5.91 Å². The van der Waals surface area contributed by atoms with E-state index in [1.165, 1.54) is 16.7 Å². The van der Waals surface area contributed by atoms with Crippen LogP contribution in [0, 0.1) is 34.6 Å². The van der Waals surface area contributed by atoms with Gasteiger partial charge in [0.05, 0.1) is 0 Å². The van der Waals surface area contributed by atoms with Crippen molar-refractivity contribution in [1.82, 2.24) is 5.32 Å². The second-order valence-corrected chi connectivity index (χ2v) is 6.67. The molecule has 0 aliphatic heterocycles. The average molecular weight is 309 g/mol. The molecular weight excluding hydrogens is 282 g/mol. The van der Waals surface area contributed by atoms with E-state index in [0.717, 1.165) is 34.6 Å². The first-order valence-electron chi connectivity index (χ1n) is 7.45. The van der Waals surface area contributed by atoms with Crippen LogP contribution in [0.25, 0.3) is 0 Å². The van der Waals surface area contributed by atoms with Crippen LogP contribution in [0.15, 0.2) is 0 Å². The number of rotatable bonds is 7. The van der Waals surface area contributed by atoms with E-state index in [9.17, 15) is 4.79 Å². The maximum absolute atomic E-state index is 12.4. The summed E-state index contributed by atoms with van der Waals surface area (Å²) in [5.74, 6) is 1.85. The first-order valence-corrected chi connectivity index (χ1v) is 8.61. The minimum atomic E-state index is 0.0268. The van der Waals surface area contributed by atoms with E-state index in [0.29, 0.717) is 6.54 Å². The van der Waals surface area contributed by atoms with Crippen LogP contribution in [0.5, 0.6) is 0 Å². The van der Waals surface area contributed by atoms with Gasteiger partial charge in [0.15, 0.2) is 0 Å². The van der Waals surface area contributed by atoms with E-state index in [-0.39, 0.29) is 12.5 Å². The number of carbonyl (C=O) groups is 1. The summed E-state index contributed by atoms with van der Waals surface area (Å²) < 4.78 is 0. The lowest BCUT2D eigenvalue weighted by Crippen LogP contribution is -2.28. The summed E-state index contributed by atoms with van der Waals surface area (Å²) in [4.78, 5) is 12.4. The zero-order chi connectivity index (χ0) is 16.0. The second-order valence-electron chi connectivity index (χ2n) is 5.45. The largest absolute Gasteiger partial charge is 0.396 e.